The Labute approximate surface area is 126 Å². The van der Waals surface area contributed by atoms with Crippen molar-refractivity contribution in [2.75, 3.05) is 19.8 Å². The summed E-state index contributed by atoms with van der Waals surface area (Å²) in [6.07, 6.45) is -0.200. The molecule has 4 N–H and O–H groups in total. The van der Waals surface area contributed by atoms with Crippen LogP contribution in [0.4, 0.5) is 0 Å². The van der Waals surface area contributed by atoms with Gasteiger partial charge in [-0.25, -0.2) is 0 Å². The Bertz CT molecular complexity index is 618. The van der Waals surface area contributed by atoms with Gasteiger partial charge in [-0.15, -0.1) is 0 Å². The summed E-state index contributed by atoms with van der Waals surface area (Å²) < 4.78 is 48.4. The SMILES string of the molecule is NC[C@H]1OB2OCCOc3ccc(Cl)c1c32.O=S(=O)(O)O. The summed E-state index contributed by atoms with van der Waals surface area (Å²) >= 11 is 6.17. The van der Waals surface area contributed by atoms with E-state index in [2.05, 4.69) is 0 Å². The molecule has 0 bridgehead atoms. The number of nitrogens with two attached hydrogens (primary N) is 1. The van der Waals surface area contributed by atoms with Crippen LogP contribution in [0, 0.1) is 0 Å². The number of hydrogen-bond acceptors (Lipinski definition) is 6. The maximum absolute atomic E-state index is 8.74. The Balaban J connectivity index is 0.000000282. The van der Waals surface area contributed by atoms with Crippen LogP contribution >= 0.6 is 11.6 Å². The van der Waals surface area contributed by atoms with Crippen LogP contribution < -0.4 is 15.9 Å². The van der Waals surface area contributed by atoms with E-state index < -0.39 is 10.4 Å². The number of halogens is 1. The normalized spacial score (nSPS) is 20.0. The van der Waals surface area contributed by atoms with Gasteiger partial charge in [-0.2, -0.15) is 8.42 Å². The molecule has 1 aromatic rings. The highest BCUT2D eigenvalue weighted by Crippen LogP contribution is 2.34. The van der Waals surface area contributed by atoms with Crippen molar-refractivity contribution in [2.45, 2.75) is 6.10 Å². The largest absolute Gasteiger partial charge is 0.498 e. The lowest BCUT2D eigenvalue weighted by Gasteiger charge is -2.13. The van der Waals surface area contributed by atoms with Gasteiger partial charge in [0.05, 0.1) is 12.7 Å². The predicted octanol–water partition coefficient (Wildman–Crippen LogP) is -0.179. The molecule has 0 amide bonds. The molecule has 0 aromatic heterocycles. The second kappa shape index (κ2) is 6.49. The van der Waals surface area contributed by atoms with Crippen LogP contribution in [0.3, 0.4) is 0 Å². The van der Waals surface area contributed by atoms with E-state index in [0.29, 0.717) is 24.8 Å². The van der Waals surface area contributed by atoms with E-state index in [1.165, 1.54) is 0 Å². The maximum Gasteiger partial charge on any atom is 0.498 e. The minimum absolute atomic E-state index is 0.200. The summed E-state index contributed by atoms with van der Waals surface area (Å²) in [7, 11) is -5.06. The molecular weight excluding hydrogens is 324 g/mol. The molecule has 0 radical (unpaired) electrons. The summed E-state index contributed by atoms with van der Waals surface area (Å²) in [6, 6.07) is 3.67. The van der Waals surface area contributed by atoms with E-state index in [1.807, 2.05) is 12.1 Å². The van der Waals surface area contributed by atoms with Crippen molar-refractivity contribution in [2.24, 2.45) is 5.73 Å². The quantitative estimate of drug-likeness (QED) is 0.475. The Kier molecular flexibility index (Phi) is 5.09. The van der Waals surface area contributed by atoms with Gasteiger partial charge in [0, 0.05) is 22.6 Å². The van der Waals surface area contributed by atoms with Gasteiger partial charge in [0.2, 0.25) is 0 Å². The zero-order valence-electron chi connectivity index (χ0n) is 10.7. The van der Waals surface area contributed by atoms with E-state index in [1.54, 1.807) is 0 Å². The molecule has 1 atom stereocenters. The van der Waals surface area contributed by atoms with Gasteiger partial charge in [0.15, 0.2) is 0 Å². The Morgan fingerprint density at radius 2 is 2.05 bits per heavy atom. The molecule has 11 heteroatoms. The molecule has 0 fully saturated rings. The highest BCUT2D eigenvalue weighted by atomic mass is 35.5. The lowest BCUT2D eigenvalue weighted by Crippen LogP contribution is -2.31. The van der Waals surface area contributed by atoms with Crippen LogP contribution in [-0.4, -0.2) is 44.4 Å². The summed E-state index contributed by atoms with van der Waals surface area (Å²) in [5, 5.41) is 0.658. The summed E-state index contributed by atoms with van der Waals surface area (Å²) in [4.78, 5) is 0. The van der Waals surface area contributed by atoms with Crippen molar-refractivity contribution in [1.82, 2.24) is 0 Å². The van der Waals surface area contributed by atoms with Gasteiger partial charge in [-0.1, -0.05) is 11.6 Å². The third-order valence-electron chi connectivity index (χ3n) is 2.86. The topological polar surface area (TPSA) is 128 Å². The van der Waals surface area contributed by atoms with Gasteiger partial charge >= 0.3 is 17.5 Å². The summed E-state index contributed by atoms with van der Waals surface area (Å²) in [5.74, 6) is 0.790. The average Bonchev–Trinajstić information content (AvgIpc) is 2.63. The van der Waals surface area contributed by atoms with Gasteiger partial charge in [-0.05, 0) is 12.1 Å². The van der Waals surface area contributed by atoms with E-state index in [9.17, 15) is 0 Å². The fourth-order valence-corrected chi connectivity index (χ4v) is 2.46. The van der Waals surface area contributed by atoms with Crippen LogP contribution in [-0.2, 0) is 19.7 Å². The average molecular weight is 338 g/mol. The predicted molar refractivity (Wildman–Crippen MR) is 75.3 cm³/mol. The van der Waals surface area contributed by atoms with Crippen LogP contribution in [0.25, 0.3) is 0 Å². The first-order valence-electron chi connectivity index (χ1n) is 5.93. The molecule has 1 aromatic carbocycles. The molecular formula is C10H13BClNO7S. The molecule has 0 spiro atoms. The molecule has 21 heavy (non-hydrogen) atoms. The third kappa shape index (κ3) is 4.07. The molecule has 2 aliphatic rings. The first-order valence-corrected chi connectivity index (χ1v) is 7.71. The summed E-state index contributed by atoms with van der Waals surface area (Å²) in [5.41, 5.74) is 7.48. The minimum Gasteiger partial charge on any atom is -0.492 e. The van der Waals surface area contributed by atoms with E-state index in [-0.39, 0.29) is 13.2 Å². The van der Waals surface area contributed by atoms with E-state index >= 15 is 0 Å². The lowest BCUT2D eigenvalue weighted by molar-refractivity contribution is 0.148. The fraction of sp³-hybridized carbons (Fsp3) is 0.400. The zero-order valence-corrected chi connectivity index (χ0v) is 12.3. The number of benzene rings is 1. The summed E-state index contributed by atoms with van der Waals surface area (Å²) in [6.45, 7) is 1.42. The van der Waals surface area contributed by atoms with E-state index in [0.717, 1.165) is 16.8 Å². The minimum atomic E-state index is -4.67. The molecule has 0 aliphatic carbocycles. The smallest absolute Gasteiger partial charge is 0.492 e. The highest BCUT2D eigenvalue weighted by molar-refractivity contribution is 7.79. The third-order valence-corrected chi connectivity index (χ3v) is 3.19. The molecule has 8 nitrogen and oxygen atoms in total. The van der Waals surface area contributed by atoms with Crippen LogP contribution in [0.15, 0.2) is 12.1 Å². The van der Waals surface area contributed by atoms with Crippen LogP contribution in [0.5, 0.6) is 5.75 Å². The first-order chi connectivity index (χ1) is 9.81. The molecule has 0 unspecified atom stereocenters. The second-order valence-corrected chi connectivity index (χ2v) is 5.54. The number of rotatable bonds is 1. The van der Waals surface area contributed by atoms with Crippen molar-refractivity contribution >= 4 is 34.6 Å². The van der Waals surface area contributed by atoms with Crippen LogP contribution in [0.1, 0.15) is 11.7 Å². The van der Waals surface area contributed by atoms with Gasteiger partial charge in [0.25, 0.3) is 0 Å². The molecule has 2 aliphatic heterocycles. The van der Waals surface area contributed by atoms with Crippen molar-refractivity contribution < 1.29 is 31.6 Å². The lowest BCUT2D eigenvalue weighted by atomic mass is 9.78. The molecule has 116 valence electrons. The van der Waals surface area contributed by atoms with Crippen molar-refractivity contribution in [3.63, 3.8) is 0 Å². The van der Waals surface area contributed by atoms with Crippen LogP contribution in [0.2, 0.25) is 5.02 Å². The fourth-order valence-electron chi connectivity index (χ4n) is 2.17. The van der Waals surface area contributed by atoms with Gasteiger partial charge < -0.3 is 19.8 Å². The second-order valence-electron chi connectivity index (χ2n) is 4.23. The molecule has 0 saturated heterocycles. The standard InChI is InChI=1S/C10H11BClNO3.H2O4S/c12-6-1-2-7-10-9(6)8(5-13)16-11(10)15-4-3-14-7;1-5(2,3)4/h1-2,8H,3-5,13H2;(H2,1,2,3,4)/t8-;/m1./s1. The Hall–Kier alpha value is -0.875. The van der Waals surface area contributed by atoms with Gasteiger partial charge in [0.1, 0.15) is 12.4 Å². The van der Waals surface area contributed by atoms with Crippen molar-refractivity contribution in [3.05, 3.63) is 22.7 Å². The Morgan fingerprint density at radius 1 is 1.38 bits per heavy atom. The number of ether oxygens (including phenoxy) is 1. The first kappa shape index (κ1) is 16.5. The van der Waals surface area contributed by atoms with Crippen molar-refractivity contribution in [3.8, 4) is 5.75 Å². The Morgan fingerprint density at radius 3 is 2.67 bits per heavy atom. The molecule has 0 saturated carbocycles. The highest BCUT2D eigenvalue weighted by Gasteiger charge is 2.42. The molecule has 3 rings (SSSR count). The zero-order chi connectivity index (χ0) is 15.6. The van der Waals surface area contributed by atoms with E-state index in [4.69, 9.17) is 48.9 Å². The monoisotopic (exact) mass is 337 g/mol. The van der Waals surface area contributed by atoms with Crippen molar-refractivity contribution in [1.29, 1.82) is 0 Å². The maximum atomic E-state index is 8.74. The number of hydrogen-bond donors (Lipinski definition) is 3. The molecule has 2 heterocycles. The van der Waals surface area contributed by atoms with Gasteiger partial charge in [-0.3, -0.25) is 9.11 Å².